The maximum Gasteiger partial charge on any atom is 0.217 e. The van der Waals surface area contributed by atoms with Crippen LogP contribution in [-0.4, -0.2) is 29.7 Å². The molecular weight excluding hydrogens is 278 g/mol. The molecule has 1 aliphatic carbocycles. The summed E-state index contributed by atoms with van der Waals surface area (Å²) in [4.78, 5) is 0. The highest BCUT2D eigenvalue weighted by atomic mass is 32.2. The lowest BCUT2D eigenvalue weighted by atomic mass is 9.84. The van der Waals surface area contributed by atoms with Crippen LogP contribution in [0.4, 0.5) is 0 Å². The second-order valence-corrected chi connectivity index (χ2v) is 8.99. The van der Waals surface area contributed by atoms with Gasteiger partial charge in [-0.1, -0.05) is 37.3 Å². The van der Waals surface area contributed by atoms with Crippen molar-refractivity contribution in [2.45, 2.75) is 76.0 Å². The van der Waals surface area contributed by atoms with Crippen LogP contribution in [0.5, 0.6) is 0 Å². The summed E-state index contributed by atoms with van der Waals surface area (Å²) in [6.45, 7) is 4.91. The molecular formula is C13H27N3O3S. The van der Waals surface area contributed by atoms with Crippen LogP contribution in [0.3, 0.4) is 0 Å². The van der Waals surface area contributed by atoms with Gasteiger partial charge in [0.2, 0.25) is 10.0 Å². The maximum atomic E-state index is 12.4. The number of rotatable bonds is 3. The van der Waals surface area contributed by atoms with Crippen LogP contribution in [0.15, 0.2) is 5.16 Å². The zero-order valence-electron chi connectivity index (χ0n) is 12.6. The minimum atomic E-state index is -3.56. The molecule has 0 aromatic heterocycles. The fourth-order valence-electron chi connectivity index (χ4n) is 2.43. The average molecular weight is 305 g/mol. The molecule has 0 aromatic rings. The predicted molar refractivity (Wildman–Crippen MR) is 80.3 cm³/mol. The lowest BCUT2D eigenvalue weighted by molar-refractivity contribution is 0.298. The molecule has 0 bridgehead atoms. The van der Waals surface area contributed by atoms with Gasteiger partial charge in [0.15, 0.2) is 5.84 Å². The molecule has 4 N–H and O–H groups in total. The van der Waals surface area contributed by atoms with E-state index < -0.39 is 20.3 Å². The predicted octanol–water partition coefficient (Wildman–Crippen LogP) is 1.93. The number of hydrogen-bond donors (Lipinski definition) is 3. The SMILES string of the molecule is CC(C)(C)S(=O)(=O)NC1(C(N)=NO)CCCCCCC1. The van der Waals surface area contributed by atoms with Gasteiger partial charge in [0.05, 0.1) is 10.3 Å². The summed E-state index contributed by atoms with van der Waals surface area (Å²) in [6, 6.07) is 0. The molecule has 20 heavy (non-hydrogen) atoms. The van der Waals surface area contributed by atoms with Gasteiger partial charge in [0.1, 0.15) is 0 Å². The summed E-state index contributed by atoms with van der Waals surface area (Å²) in [5, 5.41) is 12.1. The van der Waals surface area contributed by atoms with E-state index in [1.165, 1.54) is 0 Å². The Hall–Kier alpha value is -0.820. The van der Waals surface area contributed by atoms with Crippen molar-refractivity contribution in [3.8, 4) is 0 Å². The summed E-state index contributed by atoms with van der Waals surface area (Å²) in [5.74, 6) is -0.0350. The molecule has 1 aliphatic rings. The molecule has 0 saturated heterocycles. The minimum absolute atomic E-state index is 0.0350. The molecule has 7 heteroatoms. The Kier molecular flexibility index (Phi) is 5.43. The highest BCUT2D eigenvalue weighted by molar-refractivity contribution is 7.90. The summed E-state index contributed by atoms with van der Waals surface area (Å²) in [6.07, 6.45) is 6.09. The van der Waals surface area contributed by atoms with E-state index in [1.807, 2.05) is 0 Å². The van der Waals surface area contributed by atoms with Crippen LogP contribution in [-0.2, 0) is 10.0 Å². The Balaban J connectivity index is 3.12. The van der Waals surface area contributed by atoms with Gasteiger partial charge in [-0.3, -0.25) is 0 Å². The van der Waals surface area contributed by atoms with Gasteiger partial charge in [-0.2, -0.15) is 0 Å². The van der Waals surface area contributed by atoms with Crippen molar-refractivity contribution in [3.63, 3.8) is 0 Å². The first kappa shape index (κ1) is 17.2. The summed E-state index contributed by atoms with van der Waals surface area (Å²) >= 11 is 0. The normalized spacial score (nSPS) is 22.1. The number of amidine groups is 1. The van der Waals surface area contributed by atoms with Crippen molar-refractivity contribution in [2.24, 2.45) is 10.9 Å². The van der Waals surface area contributed by atoms with Gasteiger partial charge in [-0.25, -0.2) is 13.1 Å². The van der Waals surface area contributed by atoms with E-state index in [0.717, 1.165) is 32.1 Å². The van der Waals surface area contributed by atoms with E-state index >= 15 is 0 Å². The Morgan fingerprint density at radius 1 is 1.15 bits per heavy atom. The third-order valence-corrected chi connectivity index (χ3v) is 6.21. The molecule has 0 amide bonds. The smallest absolute Gasteiger partial charge is 0.217 e. The third kappa shape index (κ3) is 3.85. The largest absolute Gasteiger partial charge is 0.409 e. The first-order chi connectivity index (χ1) is 9.15. The van der Waals surface area contributed by atoms with Crippen molar-refractivity contribution in [1.82, 2.24) is 4.72 Å². The van der Waals surface area contributed by atoms with Crippen molar-refractivity contribution in [2.75, 3.05) is 0 Å². The number of nitrogens with zero attached hydrogens (tertiary/aromatic N) is 1. The van der Waals surface area contributed by atoms with Gasteiger partial charge in [0, 0.05) is 0 Å². The second kappa shape index (κ2) is 6.30. The van der Waals surface area contributed by atoms with Gasteiger partial charge in [0.25, 0.3) is 0 Å². The van der Waals surface area contributed by atoms with E-state index in [1.54, 1.807) is 20.8 Å². The Bertz CT molecular complexity index is 444. The zero-order valence-corrected chi connectivity index (χ0v) is 13.5. The molecule has 0 aliphatic heterocycles. The van der Waals surface area contributed by atoms with E-state index in [4.69, 9.17) is 10.9 Å². The number of hydrogen-bond acceptors (Lipinski definition) is 4. The lowest BCUT2D eigenvalue weighted by Gasteiger charge is -2.37. The van der Waals surface area contributed by atoms with E-state index in [2.05, 4.69) is 9.88 Å². The molecule has 0 aromatic carbocycles. The van der Waals surface area contributed by atoms with Crippen LogP contribution in [0.25, 0.3) is 0 Å². The standard InChI is InChI=1S/C13H27N3O3S/c1-12(2,3)20(18,19)16-13(11(14)15-17)9-7-5-4-6-8-10-13/h16-17H,4-10H2,1-3H3,(H2,14,15). The van der Waals surface area contributed by atoms with Gasteiger partial charge in [-0.15, -0.1) is 0 Å². The lowest BCUT2D eigenvalue weighted by Crippen LogP contribution is -2.60. The quantitative estimate of drug-likeness (QED) is 0.321. The minimum Gasteiger partial charge on any atom is -0.409 e. The molecule has 0 heterocycles. The number of sulfonamides is 1. The van der Waals surface area contributed by atoms with E-state index in [9.17, 15) is 8.42 Å². The number of nitrogens with one attached hydrogen (secondary N) is 1. The first-order valence-electron chi connectivity index (χ1n) is 7.16. The molecule has 1 rings (SSSR count). The monoisotopic (exact) mass is 305 g/mol. The van der Waals surface area contributed by atoms with E-state index in [0.29, 0.717) is 12.8 Å². The first-order valence-corrected chi connectivity index (χ1v) is 8.64. The van der Waals surface area contributed by atoms with Crippen molar-refractivity contribution < 1.29 is 13.6 Å². The number of oxime groups is 1. The summed E-state index contributed by atoms with van der Waals surface area (Å²) < 4.78 is 26.7. The molecule has 0 spiro atoms. The molecule has 0 unspecified atom stereocenters. The maximum absolute atomic E-state index is 12.4. The molecule has 118 valence electrons. The molecule has 6 nitrogen and oxygen atoms in total. The number of nitrogens with two attached hydrogens (primary N) is 1. The van der Waals surface area contributed by atoms with Crippen LogP contribution < -0.4 is 10.5 Å². The van der Waals surface area contributed by atoms with Crippen molar-refractivity contribution >= 4 is 15.9 Å². The second-order valence-electron chi connectivity index (χ2n) is 6.55. The fraction of sp³-hybridized carbons (Fsp3) is 0.923. The van der Waals surface area contributed by atoms with Gasteiger partial charge in [-0.05, 0) is 33.6 Å². The average Bonchev–Trinajstić information content (AvgIpc) is 2.30. The topological polar surface area (TPSA) is 105 Å². The molecule has 1 fully saturated rings. The highest BCUT2D eigenvalue weighted by Crippen LogP contribution is 2.29. The van der Waals surface area contributed by atoms with Crippen LogP contribution in [0, 0.1) is 0 Å². The van der Waals surface area contributed by atoms with Gasteiger partial charge >= 0.3 is 0 Å². The van der Waals surface area contributed by atoms with Crippen molar-refractivity contribution in [1.29, 1.82) is 0 Å². The zero-order chi connectivity index (χ0) is 15.4. The summed E-state index contributed by atoms with van der Waals surface area (Å²) in [7, 11) is -3.56. The third-order valence-electron chi connectivity index (χ3n) is 3.94. The molecule has 1 saturated carbocycles. The van der Waals surface area contributed by atoms with Crippen molar-refractivity contribution in [3.05, 3.63) is 0 Å². The van der Waals surface area contributed by atoms with Crippen LogP contribution >= 0.6 is 0 Å². The van der Waals surface area contributed by atoms with E-state index in [-0.39, 0.29) is 5.84 Å². The van der Waals surface area contributed by atoms with Gasteiger partial charge < -0.3 is 10.9 Å². The summed E-state index contributed by atoms with van der Waals surface area (Å²) in [5.41, 5.74) is 4.87. The Morgan fingerprint density at radius 3 is 2.00 bits per heavy atom. The Morgan fingerprint density at radius 2 is 1.60 bits per heavy atom. The Labute approximate surface area is 121 Å². The van der Waals surface area contributed by atoms with Crippen LogP contribution in [0.1, 0.15) is 65.7 Å². The highest BCUT2D eigenvalue weighted by Gasteiger charge is 2.42. The molecule has 0 radical (unpaired) electrons. The molecule has 0 atom stereocenters. The fourth-order valence-corrected chi connectivity index (χ4v) is 3.55. The van der Waals surface area contributed by atoms with Crippen LogP contribution in [0.2, 0.25) is 0 Å².